The molecule has 1 aromatic carbocycles. The van der Waals surface area contributed by atoms with E-state index in [0.29, 0.717) is 0 Å². The van der Waals surface area contributed by atoms with Gasteiger partial charge in [0, 0.05) is 18.3 Å². The van der Waals surface area contributed by atoms with Crippen molar-refractivity contribution in [2.45, 2.75) is 6.92 Å². The smallest absolute Gasteiger partial charge is 0.194 e. The lowest BCUT2D eigenvalue weighted by Gasteiger charge is -2.02. The highest BCUT2D eigenvalue weighted by Gasteiger charge is 2.11. The minimum atomic E-state index is -1.47. The fraction of sp³-hybridized carbons (Fsp3) is 0.100. The lowest BCUT2D eigenvalue weighted by Crippen LogP contribution is -1.99. The van der Waals surface area contributed by atoms with Crippen molar-refractivity contribution < 1.29 is 13.2 Å². The van der Waals surface area contributed by atoms with Crippen LogP contribution in [0.2, 0.25) is 0 Å². The minimum absolute atomic E-state index is 0.152. The summed E-state index contributed by atoms with van der Waals surface area (Å²) in [6.45, 7) is 1.79. The van der Waals surface area contributed by atoms with Crippen molar-refractivity contribution in [3.63, 3.8) is 0 Å². The standard InChI is InChI=1S/C10H7F3N2/c1-6-4-14-15(5-6)7-2-8(11)10(13)9(12)3-7/h2-5H,1H3. The Bertz CT molecular complexity index is 482. The molecule has 78 valence electrons. The molecule has 0 aliphatic heterocycles. The van der Waals surface area contributed by atoms with Gasteiger partial charge in [-0.15, -0.1) is 0 Å². The first-order valence-electron chi connectivity index (χ1n) is 4.24. The van der Waals surface area contributed by atoms with Gasteiger partial charge in [-0.3, -0.25) is 0 Å². The molecule has 0 spiro atoms. The zero-order valence-corrected chi connectivity index (χ0v) is 7.84. The van der Waals surface area contributed by atoms with Gasteiger partial charge in [0.05, 0.1) is 11.9 Å². The molecule has 1 aromatic heterocycles. The normalized spacial score (nSPS) is 10.7. The summed E-state index contributed by atoms with van der Waals surface area (Å²) in [5, 5.41) is 3.86. The van der Waals surface area contributed by atoms with Gasteiger partial charge in [-0.2, -0.15) is 5.10 Å². The van der Waals surface area contributed by atoms with Gasteiger partial charge in [-0.1, -0.05) is 0 Å². The number of aromatic nitrogens is 2. The number of halogens is 3. The number of rotatable bonds is 1. The number of aryl methyl sites for hydroxylation is 1. The predicted molar refractivity (Wildman–Crippen MR) is 48.2 cm³/mol. The van der Waals surface area contributed by atoms with E-state index in [1.807, 2.05) is 0 Å². The molecule has 2 aromatic rings. The Hall–Kier alpha value is -1.78. The third-order valence-electron chi connectivity index (χ3n) is 1.94. The molecule has 2 nitrogen and oxygen atoms in total. The van der Waals surface area contributed by atoms with E-state index in [4.69, 9.17) is 0 Å². The van der Waals surface area contributed by atoms with Gasteiger partial charge in [0.25, 0.3) is 0 Å². The summed E-state index contributed by atoms with van der Waals surface area (Å²) < 4.78 is 39.7. The third-order valence-corrected chi connectivity index (χ3v) is 1.94. The van der Waals surface area contributed by atoms with Crippen LogP contribution in [0, 0.1) is 24.4 Å². The lowest BCUT2D eigenvalue weighted by atomic mass is 10.3. The predicted octanol–water partition coefficient (Wildman–Crippen LogP) is 2.60. The summed E-state index contributed by atoms with van der Waals surface area (Å²) in [7, 11) is 0. The van der Waals surface area contributed by atoms with Crippen LogP contribution in [0.4, 0.5) is 13.2 Å². The zero-order valence-electron chi connectivity index (χ0n) is 7.84. The third kappa shape index (κ3) is 1.72. The van der Waals surface area contributed by atoms with Crippen molar-refractivity contribution in [3.05, 3.63) is 47.5 Å². The molecule has 0 fully saturated rings. The van der Waals surface area contributed by atoms with Gasteiger partial charge in [-0.05, 0) is 12.5 Å². The van der Waals surface area contributed by atoms with Crippen LogP contribution in [0.5, 0.6) is 0 Å². The van der Waals surface area contributed by atoms with E-state index in [-0.39, 0.29) is 5.69 Å². The van der Waals surface area contributed by atoms with Gasteiger partial charge >= 0.3 is 0 Å². The summed E-state index contributed by atoms with van der Waals surface area (Å²) >= 11 is 0. The molecule has 0 atom stereocenters. The van der Waals surface area contributed by atoms with E-state index in [2.05, 4.69) is 5.10 Å². The van der Waals surface area contributed by atoms with Crippen LogP contribution < -0.4 is 0 Å². The van der Waals surface area contributed by atoms with Crippen LogP contribution in [0.25, 0.3) is 5.69 Å². The fourth-order valence-electron chi connectivity index (χ4n) is 1.23. The number of hydrogen-bond donors (Lipinski definition) is 0. The first-order valence-corrected chi connectivity index (χ1v) is 4.24. The van der Waals surface area contributed by atoms with Crippen LogP contribution in [-0.4, -0.2) is 9.78 Å². The summed E-state index contributed by atoms with van der Waals surface area (Å²) in [5.41, 5.74) is 1.000. The molecular weight excluding hydrogens is 205 g/mol. The van der Waals surface area contributed by atoms with Crippen molar-refractivity contribution in [2.24, 2.45) is 0 Å². The van der Waals surface area contributed by atoms with Gasteiger partial charge in [0.1, 0.15) is 0 Å². The molecule has 15 heavy (non-hydrogen) atoms. The molecule has 2 rings (SSSR count). The molecular formula is C10H7F3N2. The highest BCUT2D eigenvalue weighted by molar-refractivity contribution is 5.33. The van der Waals surface area contributed by atoms with E-state index in [9.17, 15) is 13.2 Å². The maximum Gasteiger partial charge on any atom is 0.194 e. The second-order valence-corrected chi connectivity index (χ2v) is 3.19. The quantitative estimate of drug-likeness (QED) is 0.664. The van der Waals surface area contributed by atoms with E-state index in [0.717, 1.165) is 17.7 Å². The van der Waals surface area contributed by atoms with Gasteiger partial charge in [0.2, 0.25) is 0 Å². The van der Waals surface area contributed by atoms with Gasteiger partial charge < -0.3 is 0 Å². The number of hydrogen-bond acceptors (Lipinski definition) is 1. The van der Waals surface area contributed by atoms with E-state index in [1.165, 1.54) is 4.68 Å². The Balaban J connectivity index is 2.55. The molecule has 0 saturated heterocycles. The second kappa shape index (κ2) is 3.42. The first kappa shape index (κ1) is 9.76. The SMILES string of the molecule is Cc1cnn(-c2cc(F)c(F)c(F)c2)c1. The van der Waals surface area contributed by atoms with Crippen LogP contribution in [-0.2, 0) is 0 Å². The first-order chi connectivity index (χ1) is 7.08. The molecule has 0 aliphatic carbocycles. The van der Waals surface area contributed by atoms with Gasteiger partial charge in [-0.25, -0.2) is 17.9 Å². The van der Waals surface area contributed by atoms with E-state index < -0.39 is 17.5 Å². The molecule has 0 bridgehead atoms. The van der Waals surface area contributed by atoms with Crippen LogP contribution >= 0.6 is 0 Å². The van der Waals surface area contributed by atoms with Crippen LogP contribution in [0.3, 0.4) is 0 Å². The summed E-state index contributed by atoms with van der Waals surface area (Å²) in [6, 6.07) is 1.79. The van der Waals surface area contributed by atoms with Crippen molar-refractivity contribution in [2.75, 3.05) is 0 Å². The average Bonchev–Trinajstić information content (AvgIpc) is 2.60. The summed E-state index contributed by atoms with van der Waals surface area (Å²) in [4.78, 5) is 0. The zero-order chi connectivity index (χ0) is 11.0. The molecule has 0 aliphatic rings. The van der Waals surface area contributed by atoms with Crippen molar-refractivity contribution in [1.82, 2.24) is 9.78 Å². The molecule has 0 unspecified atom stereocenters. The maximum atomic E-state index is 12.9. The molecule has 0 saturated carbocycles. The highest BCUT2D eigenvalue weighted by Crippen LogP contribution is 2.16. The van der Waals surface area contributed by atoms with Crippen LogP contribution in [0.1, 0.15) is 5.56 Å². The molecule has 0 N–H and O–H groups in total. The van der Waals surface area contributed by atoms with Crippen molar-refractivity contribution in [1.29, 1.82) is 0 Å². The Morgan fingerprint density at radius 1 is 1.13 bits per heavy atom. The number of benzene rings is 1. The second-order valence-electron chi connectivity index (χ2n) is 3.19. The molecule has 1 heterocycles. The van der Waals surface area contributed by atoms with E-state index in [1.54, 1.807) is 19.3 Å². The Morgan fingerprint density at radius 3 is 2.20 bits per heavy atom. The topological polar surface area (TPSA) is 17.8 Å². The fourth-order valence-corrected chi connectivity index (χ4v) is 1.23. The number of nitrogens with zero attached hydrogens (tertiary/aromatic N) is 2. The average molecular weight is 212 g/mol. The van der Waals surface area contributed by atoms with Crippen molar-refractivity contribution in [3.8, 4) is 5.69 Å². The monoisotopic (exact) mass is 212 g/mol. The molecule has 5 heteroatoms. The highest BCUT2D eigenvalue weighted by atomic mass is 19.2. The Morgan fingerprint density at radius 2 is 1.73 bits per heavy atom. The Labute approximate surface area is 84.0 Å². The van der Waals surface area contributed by atoms with Crippen LogP contribution in [0.15, 0.2) is 24.5 Å². The molecule has 0 amide bonds. The maximum absolute atomic E-state index is 12.9. The summed E-state index contributed by atoms with van der Waals surface area (Å²) in [5.74, 6) is -3.92. The summed E-state index contributed by atoms with van der Waals surface area (Å²) in [6.07, 6.45) is 3.13. The lowest BCUT2D eigenvalue weighted by molar-refractivity contribution is 0.446. The molecule has 0 radical (unpaired) electrons. The minimum Gasteiger partial charge on any atom is -0.241 e. The van der Waals surface area contributed by atoms with E-state index >= 15 is 0 Å². The van der Waals surface area contributed by atoms with Crippen molar-refractivity contribution >= 4 is 0 Å². The van der Waals surface area contributed by atoms with Gasteiger partial charge in [0.15, 0.2) is 17.5 Å². The largest absolute Gasteiger partial charge is 0.241 e. The Kier molecular flexibility index (Phi) is 2.22.